The summed E-state index contributed by atoms with van der Waals surface area (Å²) in [7, 11) is 0. The molecule has 2 amide bonds. The first kappa shape index (κ1) is 19.9. The molecule has 28 heavy (non-hydrogen) atoms. The molecule has 6 nitrogen and oxygen atoms in total. The van der Waals surface area contributed by atoms with Crippen molar-refractivity contribution in [2.75, 3.05) is 11.9 Å². The van der Waals surface area contributed by atoms with Gasteiger partial charge < -0.3 is 15.4 Å². The third kappa shape index (κ3) is 5.09. The average Bonchev–Trinajstić information content (AvgIpc) is 3.23. The molecule has 3 aromatic rings. The van der Waals surface area contributed by atoms with E-state index in [0.717, 1.165) is 5.56 Å². The van der Waals surface area contributed by atoms with Gasteiger partial charge in [-0.1, -0.05) is 17.7 Å². The number of thiophene rings is 1. The minimum Gasteiger partial charge on any atom is -0.478 e. The number of hydrogen-bond donors (Lipinski definition) is 2. The number of aromatic nitrogens is 1. The molecule has 0 saturated heterocycles. The largest absolute Gasteiger partial charge is 0.478 e. The van der Waals surface area contributed by atoms with Crippen LogP contribution in [0, 0.1) is 0 Å². The van der Waals surface area contributed by atoms with Crippen LogP contribution >= 0.6 is 22.9 Å². The van der Waals surface area contributed by atoms with Gasteiger partial charge in [-0.25, -0.2) is 4.98 Å². The van der Waals surface area contributed by atoms with Crippen molar-refractivity contribution in [3.8, 4) is 5.88 Å². The first-order valence-electron chi connectivity index (χ1n) is 8.57. The molecule has 0 radical (unpaired) electrons. The number of nitrogens with zero attached hydrogens (tertiary/aromatic N) is 1. The molecule has 1 aromatic carbocycles. The van der Waals surface area contributed by atoms with Crippen molar-refractivity contribution in [3.05, 3.63) is 75.1 Å². The third-order valence-corrected chi connectivity index (χ3v) is 4.96. The molecule has 0 fully saturated rings. The van der Waals surface area contributed by atoms with Crippen molar-refractivity contribution in [1.82, 2.24) is 10.3 Å². The highest BCUT2D eigenvalue weighted by Gasteiger charge is 2.13. The van der Waals surface area contributed by atoms with E-state index in [2.05, 4.69) is 15.6 Å². The maximum atomic E-state index is 12.5. The maximum Gasteiger partial charge on any atom is 0.265 e. The minimum atomic E-state index is -0.280. The predicted octanol–water partition coefficient (Wildman–Crippen LogP) is 4.38. The number of pyridine rings is 1. The number of hydrogen-bond acceptors (Lipinski definition) is 5. The Labute approximate surface area is 171 Å². The van der Waals surface area contributed by atoms with Crippen LogP contribution in [0.5, 0.6) is 5.88 Å². The monoisotopic (exact) mass is 415 g/mol. The van der Waals surface area contributed by atoms with E-state index in [0.29, 0.717) is 40.2 Å². The Morgan fingerprint density at radius 3 is 2.79 bits per heavy atom. The Morgan fingerprint density at radius 1 is 1.18 bits per heavy atom. The van der Waals surface area contributed by atoms with E-state index in [4.69, 9.17) is 16.3 Å². The first-order chi connectivity index (χ1) is 13.6. The van der Waals surface area contributed by atoms with Crippen LogP contribution in [0.1, 0.15) is 32.5 Å². The SMILES string of the molecule is CCOc1cc(CNC(=O)c2ccc(Cl)c(NC(=O)c3cccs3)c2)ccn1. The van der Waals surface area contributed by atoms with Gasteiger partial charge in [0.1, 0.15) is 0 Å². The van der Waals surface area contributed by atoms with Gasteiger partial charge in [-0.2, -0.15) is 0 Å². The first-order valence-corrected chi connectivity index (χ1v) is 9.83. The number of benzene rings is 1. The van der Waals surface area contributed by atoms with Crippen LogP contribution in [0.2, 0.25) is 5.02 Å². The van der Waals surface area contributed by atoms with Crippen molar-refractivity contribution in [3.63, 3.8) is 0 Å². The zero-order valence-corrected chi connectivity index (χ0v) is 16.6. The molecule has 0 atom stereocenters. The standard InChI is InChI=1S/C20H18ClN3O3S/c1-2-27-18-10-13(7-8-22-18)12-23-19(25)14-5-6-15(21)16(11-14)24-20(26)17-4-3-9-28-17/h3-11H,2,12H2,1H3,(H,23,25)(H,24,26). The lowest BCUT2D eigenvalue weighted by atomic mass is 10.1. The lowest BCUT2D eigenvalue weighted by molar-refractivity contribution is 0.0949. The van der Waals surface area contributed by atoms with E-state index in [1.807, 2.05) is 12.3 Å². The number of anilines is 1. The molecule has 3 rings (SSSR count). The predicted molar refractivity (Wildman–Crippen MR) is 110 cm³/mol. The number of rotatable bonds is 7. The summed E-state index contributed by atoms with van der Waals surface area (Å²) in [5.74, 6) is -0.0351. The van der Waals surface area contributed by atoms with Crippen molar-refractivity contribution >= 4 is 40.4 Å². The summed E-state index contributed by atoms with van der Waals surface area (Å²) in [6.07, 6.45) is 1.63. The second-order valence-electron chi connectivity index (χ2n) is 5.74. The van der Waals surface area contributed by atoms with Gasteiger partial charge in [0.2, 0.25) is 5.88 Å². The topological polar surface area (TPSA) is 80.3 Å². The van der Waals surface area contributed by atoms with Crippen LogP contribution in [0.3, 0.4) is 0 Å². The summed E-state index contributed by atoms with van der Waals surface area (Å²) in [6, 6.07) is 11.8. The van der Waals surface area contributed by atoms with Crippen LogP contribution in [-0.4, -0.2) is 23.4 Å². The van der Waals surface area contributed by atoms with E-state index in [9.17, 15) is 9.59 Å². The molecule has 0 unspecified atom stereocenters. The van der Waals surface area contributed by atoms with Crippen LogP contribution in [0.25, 0.3) is 0 Å². The fourth-order valence-corrected chi connectivity index (χ4v) is 3.21. The molecule has 0 saturated carbocycles. The van der Waals surface area contributed by atoms with Crippen molar-refractivity contribution < 1.29 is 14.3 Å². The summed E-state index contributed by atoms with van der Waals surface area (Å²) in [6.45, 7) is 2.72. The van der Waals surface area contributed by atoms with Crippen LogP contribution in [0.15, 0.2) is 54.0 Å². The molecule has 144 valence electrons. The van der Waals surface area contributed by atoms with E-state index in [-0.39, 0.29) is 11.8 Å². The second-order valence-corrected chi connectivity index (χ2v) is 7.10. The van der Waals surface area contributed by atoms with Crippen LogP contribution < -0.4 is 15.4 Å². The van der Waals surface area contributed by atoms with E-state index >= 15 is 0 Å². The Bertz CT molecular complexity index is 977. The molecule has 0 aliphatic heterocycles. The number of carbonyl (C=O) groups is 2. The lowest BCUT2D eigenvalue weighted by Gasteiger charge is -2.10. The normalized spacial score (nSPS) is 10.4. The Morgan fingerprint density at radius 2 is 2.04 bits per heavy atom. The van der Waals surface area contributed by atoms with Crippen molar-refractivity contribution in [2.45, 2.75) is 13.5 Å². The summed E-state index contributed by atoms with van der Waals surface area (Å²) in [4.78, 5) is 29.4. The van der Waals surface area contributed by atoms with Gasteiger partial charge in [-0.05, 0) is 48.2 Å². The molecule has 8 heteroatoms. The fraction of sp³-hybridized carbons (Fsp3) is 0.150. The molecular formula is C20H18ClN3O3S. The third-order valence-electron chi connectivity index (χ3n) is 3.77. The lowest BCUT2D eigenvalue weighted by Crippen LogP contribution is -2.23. The van der Waals surface area contributed by atoms with Crippen LogP contribution in [0.4, 0.5) is 5.69 Å². The zero-order valence-electron chi connectivity index (χ0n) is 15.1. The number of halogens is 1. The summed E-state index contributed by atoms with van der Waals surface area (Å²) < 4.78 is 5.36. The summed E-state index contributed by atoms with van der Waals surface area (Å²) in [5, 5.41) is 7.75. The smallest absolute Gasteiger partial charge is 0.265 e. The van der Waals surface area contributed by atoms with Gasteiger partial charge in [0.05, 0.1) is 22.2 Å². The van der Waals surface area contributed by atoms with Gasteiger partial charge in [0.25, 0.3) is 11.8 Å². The number of nitrogens with one attached hydrogen (secondary N) is 2. The van der Waals surface area contributed by atoms with Gasteiger partial charge in [-0.15, -0.1) is 11.3 Å². The van der Waals surface area contributed by atoms with Crippen LogP contribution in [-0.2, 0) is 6.54 Å². The molecular weight excluding hydrogens is 398 g/mol. The number of ether oxygens (including phenoxy) is 1. The number of amides is 2. The highest BCUT2D eigenvalue weighted by molar-refractivity contribution is 7.12. The van der Waals surface area contributed by atoms with Gasteiger partial charge >= 0.3 is 0 Å². The highest BCUT2D eigenvalue weighted by atomic mass is 35.5. The molecule has 2 aromatic heterocycles. The molecule has 0 aliphatic rings. The number of carbonyl (C=O) groups excluding carboxylic acids is 2. The summed E-state index contributed by atoms with van der Waals surface area (Å²) in [5.41, 5.74) is 1.65. The van der Waals surface area contributed by atoms with Gasteiger partial charge in [0.15, 0.2) is 0 Å². The van der Waals surface area contributed by atoms with E-state index in [1.165, 1.54) is 11.3 Å². The Hall–Kier alpha value is -2.90. The molecule has 0 bridgehead atoms. The minimum absolute atomic E-state index is 0.269. The fourth-order valence-electron chi connectivity index (χ4n) is 2.43. The van der Waals surface area contributed by atoms with Crippen molar-refractivity contribution in [2.24, 2.45) is 0 Å². The zero-order chi connectivity index (χ0) is 19.9. The molecule has 0 aliphatic carbocycles. The van der Waals surface area contributed by atoms with Gasteiger partial charge in [-0.3, -0.25) is 9.59 Å². The maximum absolute atomic E-state index is 12.5. The average molecular weight is 416 g/mol. The highest BCUT2D eigenvalue weighted by Crippen LogP contribution is 2.24. The van der Waals surface area contributed by atoms with E-state index in [1.54, 1.807) is 48.7 Å². The van der Waals surface area contributed by atoms with E-state index < -0.39 is 0 Å². The Balaban J connectivity index is 1.67. The summed E-state index contributed by atoms with van der Waals surface area (Å²) >= 11 is 7.49. The molecule has 0 spiro atoms. The quantitative estimate of drug-likeness (QED) is 0.600. The Kier molecular flexibility index (Phi) is 6.62. The molecule has 2 heterocycles. The second kappa shape index (κ2) is 9.34. The van der Waals surface area contributed by atoms with Crippen molar-refractivity contribution in [1.29, 1.82) is 0 Å². The van der Waals surface area contributed by atoms with Gasteiger partial charge in [0, 0.05) is 24.4 Å². The molecule has 2 N–H and O–H groups in total.